The molecule has 0 atom stereocenters. The van der Waals surface area contributed by atoms with Gasteiger partial charge in [-0.3, -0.25) is 9.36 Å². The number of fused-ring (bicyclic) bond motifs is 3. The molecule has 0 spiro atoms. The predicted octanol–water partition coefficient (Wildman–Crippen LogP) is 3.57. The van der Waals surface area contributed by atoms with E-state index in [4.69, 9.17) is 4.74 Å². The molecule has 0 aliphatic rings. The van der Waals surface area contributed by atoms with Crippen LogP contribution in [-0.2, 0) is 4.74 Å². The summed E-state index contributed by atoms with van der Waals surface area (Å²) in [5.74, 6) is -0.650. The number of carbonyl (C=O) groups excluding carboxylic acids is 1. The molecule has 1 N–H and O–H groups in total. The van der Waals surface area contributed by atoms with Crippen molar-refractivity contribution in [3.63, 3.8) is 0 Å². The Hall–Kier alpha value is -3.34. The van der Waals surface area contributed by atoms with E-state index >= 15 is 0 Å². The van der Waals surface area contributed by atoms with Gasteiger partial charge in [0.05, 0.1) is 12.6 Å². The molecule has 0 saturated carbocycles. The van der Waals surface area contributed by atoms with Crippen molar-refractivity contribution in [2.75, 3.05) is 7.11 Å². The second kappa shape index (κ2) is 5.63. The van der Waals surface area contributed by atoms with Crippen LogP contribution in [-0.4, -0.2) is 22.6 Å². The van der Waals surface area contributed by atoms with Gasteiger partial charge in [0.2, 0.25) is 0 Å². The van der Waals surface area contributed by atoms with Crippen LogP contribution in [0.15, 0.2) is 59.5 Å². The Balaban J connectivity index is 2.15. The average molecular weight is 332 g/mol. The fraction of sp³-hybridized carbons (Fsp3) is 0.100. The van der Waals surface area contributed by atoms with E-state index in [1.54, 1.807) is 6.20 Å². The molecule has 2 heterocycles. The Morgan fingerprint density at radius 1 is 1.04 bits per heavy atom. The van der Waals surface area contributed by atoms with Gasteiger partial charge in [0.15, 0.2) is 0 Å². The second-order valence-corrected chi connectivity index (χ2v) is 5.97. The Bertz CT molecular complexity index is 1170. The van der Waals surface area contributed by atoms with Gasteiger partial charge in [-0.25, -0.2) is 4.79 Å². The molecule has 25 heavy (non-hydrogen) atoms. The number of methoxy groups -OCH3 is 1. The molecule has 124 valence electrons. The van der Waals surface area contributed by atoms with Crippen molar-refractivity contribution >= 4 is 27.8 Å². The van der Waals surface area contributed by atoms with Gasteiger partial charge in [0.1, 0.15) is 5.56 Å². The first-order valence-electron chi connectivity index (χ1n) is 7.91. The maximum atomic E-state index is 13.0. The molecular weight excluding hydrogens is 316 g/mol. The first-order valence-corrected chi connectivity index (χ1v) is 7.91. The molecule has 4 aromatic rings. The summed E-state index contributed by atoms with van der Waals surface area (Å²) in [6.45, 7) is 1.98. The lowest BCUT2D eigenvalue weighted by molar-refractivity contribution is 0.0600. The summed E-state index contributed by atoms with van der Waals surface area (Å²) >= 11 is 0. The fourth-order valence-corrected chi connectivity index (χ4v) is 3.10. The van der Waals surface area contributed by atoms with Gasteiger partial charge in [-0.15, -0.1) is 0 Å². The van der Waals surface area contributed by atoms with Gasteiger partial charge in [-0.1, -0.05) is 35.9 Å². The van der Waals surface area contributed by atoms with Gasteiger partial charge < -0.3 is 9.72 Å². The highest BCUT2D eigenvalue weighted by Crippen LogP contribution is 2.27. The summed E-state index contributed by atoms with van der Waals surface area (Å²) in [5.41, 5.74) is 2.77. The summed E-state index contributed by atoms with van der Waals surface area (Å²) in [4.78, 5) is 28.5. The monoisotopic (exact) mass is 332 g/mol. The molecule has 0 aliphatic carbocycles. The molecule has 0 amide bonds. The third kappa shape index (κ3) is 2.32. The van der Waals surface area contributed by atoms with Crippen molar-refractivity contribution in [3.05, 3.63) is 76.2 Å². The van der Waals surface area contributed by atoms with Crippen LogP contribution >= 0.6 is 0 Å². The van der Waals surface area contributed by atoms with Crippen molar-refractivity contribution < 1.29 is 9.53 Å². The van der Waals surface area contributed by atoms with E-state index in [0.717, 1.165) is 21.9 Å². The maximum absolute atomic E-state index is 13.0. The van der Waals surface area contributed by atoms with Crippen LogP contribution in [0.4, 0.5) is 0 Å². The highest BCUT2D eigenvalue weighted by molar-refractivity contribution is 6.13. The number of nitrogens with one attached hydrogen (secondary N) is 1. The van der Waals surface area contributed by atoms with Gasteiger partial charge in [0, 0.05) is 28.2 Å². The molecule has 4 rings (SSSR count). The standard InChI is InChI=1S/C20H16N2O3/c1-12-7-9-13(10-8-12)22-11-15-14-5-3-4-6-16(14)21-18(15)17(19(22)23)20(24)25-2/h3-11,21H,1-2H3. The lowest BCUT2D eigenvalue weighted by Crippen LogP contribution is -2.26. The number of esters is 1. The number of nitrogens with zero attached hydrogens (tertiary/aromatic N) is 1. The smallest absolute Gasteiger partial charge is 0.345 e. The Morgan fingerprint density at radius 2 is 1.76 bits per heavy atom. The predicted molar refractivity (Wildman–Crippen MR) is 97.5 cm³/mol. The summed E-state index contributed by atoms with van der Waals surface area (Å²) in [6.07, 6.45) is 1.77. The Morgan fingerprint density at radius 3 is 2.48 bits per heavy atom. The van der Waals surface area contributed by atoms with Gasteiger partial charge >= 0.3 is 5.97 Å². The minimum absolute atomic E-state index is 0.0109. The quantitative estimate of drug-likeness (QED) is 0.571. The Labute approximate surface area is 143 Å². The number of carbonyl (C=O) groups is 1. The summed E-state index contributed by atoms with van der Waals surface area (Å²) in [7, 11) is 1.28. The van der Waals surface area contributed by atoms with Gasteiger partial charge in [-0.05, 0) is 25.1 Å². The molecule has 0 radical (unpaired) electrons. The van der Waals surface area contributed by atoms with Gasteiger partial charge in [-0.2, -0.15) is 0 Å². The van der Waals surface area contributed by atoms with E-state index < -0.39 is 11.5 Å². The number of para-hydroxylation sites is 1. The first kappa shape index (κ1) is 15.2. The molecule has 0 aliphatic heterocycles. The van der Waals surface area contributed by atoms with Crippen molar-refractivity contribution in [1.29, 1.82) is 0 Å². The number of aryl methyl sites for hydroxylation is 1. The van der Waals surface area contributed by atoms with Crippen molar-refractivity contribution in [2.45, 2.75) is 6.92 Å². The van der Waals surface area contributed by atoms with E-state index in [-0.39, 0.29) is 5.56 Å². The van der Waals surface area contributed by atoms with E-state index in [9.17, 15) is 9.59 Å². The van der Waals surface area contributed by atoms with Gasteiger partial charge in [0.25, 0.3) is 5.56 Å². The highest BCUT2D eigenvalue weighted by atomic mass is 16.5. The zero-order valence-electron chi connectivity index (χ0n) is 13.9. The third-order valence-electron chi connectivity index (χ3n) is 4.39. The highest BCUT2D eigenvalue weighted by Gasteiger charge is 2.21. The number of hydrogen-bond donors (Lipinski definition) is 1. The zero-order chi connectivity index (χ0) is 17.6. The lowest BCUT2D eigenvalue weighted by Gasteiger charge is -2.09. The van der Waals surface area contributed by atoms with Crippen LogP contribution in [0.2, 0.25) is 0 Å². The lowest BCUT2D eigenvalue weighted by atomic mass is 10.1. The van der Waals surface area contributed by atoms with Crippen molar-refractivity contribution in [2.24, 2.45) is 0 Å². The van der Waals surface area contributed by atoms with Crippen LogP contribution in [0.25, 0.3) is 27.5 Å². The molecule has 0 saturated heterocycles. The molecule has 0 bridgehead atoms. The maximum Gasteiger partial charge on any atom is 0.345 e. The molecule has 0 fully saturated rings. The van der Waals surface area contributed by atoms with Crippen molar-refractivity contribution in [1.82, 2.24) is 9.55 Å². The topological polar surface area (TPSA) is 64.1 Å². The minimum Gasteiger partial charge on any atom is -0.465 e. The number of pyridine rings is 1. The number of hydrogen-bond acceptors (Lipinski definition) is 3. The molecule has 2 aromatic carbocycles. The number of rotatable bonds is 2. The normalized spacial score (nSPS) is 11.1. The largest absolute Gasteiger partial charge is 0.465 e. The summed E-state index contributed by atoms with van der Waals surface area (Å²) in [5, 5.41) is 1.75. The van der Waals surface area contributed by atoms with Crippen LogP contribution < -0.4 is 5.56 Å². The molecular formula is C20H16N2O3. The molecule has 5 heteroatoms. The minimum atomic E-state index is -0.650. The second-order valence-electron chi connectivity index (χ2n) is 5.97. The van der Waals surface area contributed by atoms with Crippen LogP contribution in [0, 0.1) is 6.92 Å². The van der Waals surface area contributed by atoms with E-state index in [1.807, 2.05) is 55.5 Å². The molecule has 0 unspecified atom stereocenters. The zero-order valence-corrected chi connectivity index (χ0v) is 13.9. The molecule has 2 aromatic heterocycles. The van der Waals surface area contributed by atoms with E-state index in [2.05, 4.69) is 4.98 Å². The van der Waals surface area contributed by atoms with Crippen molar-refractivity contribution in [3.8, 4) is 5.69 Å². The SMILES string of the molecule is COC(=O)c1c(=O)n(-c2ccc(C)cc2)cc2c1[nH]c1ccccc12. The summed E-state index contributed by atoms with van der Waals surface area (Å²) < 4.78 is 6.35. The number of aromatic amines is 1. The number of aromatic nitrogens is 2. The number of benzene rings is 2. The molecule has 5 nitrogen and oxygen atoms in total. The summed E-state index contributed by atoms with van der Waals surface area (Å²) in [6, 6.07) is 15.3. The average Bonchev–Trinajstić information content (AvgIpc) is 2.99. The first-order chi connectivity index (χ1) is 12.1. The third-order valence-corrected chi connectivity index (χ3v) is 4.39. The van der Waals surface area contributed by atoms with Crippen LogP contribution in [0.5, 0.6) is 0 Å². The number of H-pyrrole nitrogens is 1. The number of ether oxygens (including phenoxy) is 1. The Kier molecular flexibility index (Phi) is 3.42. The van der Waals surface area contributed by atoms with E-state index in [0.29, 0.717) is 11.2 Å². The van der Waals surface area contributed by atoms with Crippen LogP contribution in [0.1, 0.15) is 15.9 Å². The van der Waals surface area contributed by atoms with E-state index in [1.165, 1.54) is 11.7 Å². The fourth-order valence-electron chi connectivity index (χ4n) is 3.10. The van der Waals surface area contributed by atoms with Crippen LogP contribution in [0.3, 0.4) is 0 Å².